The van der Waals surface area contributed by atoms with Crippen LogP contribution in [0.4, 0.5) is 13.2 Å². The summed E-state index contributed by atoms with van der Waals surface area (Å²) in [5.74, 6) is -3.82. The first-order chi connectivity index (χ1) is 17.4. The molecular weight excluding hydrogens is 481 g/mol. The number of aliphatic hydroxyl groups excluding tert-OH is 2. The van der Waals surface area contributed by atoms with Gasteiger partial charge in [0.15, 0.2) is 17.5 Å². The number of rotatable bonds is 7. The molecule has 0 radical (unpaired) electrons. The van der Waals surface area contributed by atoms with Gasteiger partial charge in [0.25, 0.3) is 0 Å². The minimum Gasteiger partial charge on any atom is -0.394 e. The Morgan fingerprint density at radius 1 is 1.14 bits per heavy atom. The highest BCUT2D eigenvalue weighted by Crippen LogP contribution is 2.37. The highest BCUT2D eigenvalue weighted by molar-refractivity contribution is 5.87. The highest BCUT2D eigenvalue weighted by atomic mass is 19.2. The molecule has 196 valence electrons. The van der Waals surface area contributed by atoms with E-state index in [4.69, 9.17) is 14.3 Å². The van der Waals surface area contributed by atoms with Crippen LogP contribution < -0.4 is 0 Å². The number of oxime groups is 1. The number of aliphatic hydroxyl groups is 2. The van der Waals surface area contributed by atoms with Crippen LogP contribution in [0.3, 0.4) is 0 Å². The second kappa shape index (κ2) is 10.4. The van der Waals surface area contributed by atoms with Crippen LogP contribution in [0.25, 0.3) is 11.3 Å². The molecule has 2 aliphatic heterocycles. The van der Waals surface area contributed by atoms with Gasteiger partial charge in [-0.3, -0.25) is 0 Å². The maximum absolute atomic E-state index is 13.7. The van der Waals surface area contributed by atoms with Crippen molar-refractivity contribution in [1.29, 1.82) is 0 Å². The van der Waals surface area contributed by atoms with Crippen LogP contribution in [0.1, 0.15) is 44.6 Å². The van der Waals surface area contributed by atoms with E-state index in [2.05, 4.69) is 15.5 Å². The van der Waals surface area contributed by atoms with E-state index in [1.54, 1.807) is 0 Å². The molecule has 1 aliphatic carbocycles. The molecule has 1 saturated heterocycles. The lowest BCUT2D eigenvalue weighted by atomic mass is 9.88. The molecular formula is C24H29F3N4O5. The Hall–Kier alpha value is -2.54. The van der Waals surface area contributed by atoms with E-state index in [-0.39, 0.29) is 17.4 Å². The molecule has 36 heavy (non-hydrogen) atoms. The van der Waals surface area contributed by atoms with Crippen LogP contribution >= 0.6 is 0 Å². The molecule has 1 aromatic carbocycles. The van der Waals surface area contributed by atoms with Gasteiger partial charge in [0.2, 0.25) is 0 Å². The predicted molar refractivity (Wildman–Crippen MR) is 120 cm³/mol. The molecule has 12 heteroatoms. The summed E-state index contributed by atoms with van der Waals surface area (Å²) < 4.78 is 53.9. The zero-order chi connectivity index (χ0) is 25.4. The summed E-state index contributed by atoms with van der Waals surface area (Å²) in [6, 6.07) is 0.804. The van der Waals surface area contributed by atoms with Crippen molar-refractivity contribution in [2.24, 2.45) is 11.1 Å². The molecule has 3 aliphatic rings. The van der Waals surface area contributed by atoms with Gasteiger partial charge in [-0.1, -0.05) is 23.2 Å². The first kappa shape index (κ1) is 25.1. The van der Waals surface area contributed by atoms with E-state index < -0.39 is 54.5 Å². The van der Waals surface area contributed by atoms with Gasteiger partial charge in [0.1, 0.15) is 36.2 Å². The number of aromatic nitrogens is 3. The zero-order valence-corrected chi connectivity index (χ0v) is 19.8. The largest absolute Gasteiger partial charge is 0.394 e. The zero-order valence-electron chi connectivity index (χ0n) is 19.8. The van der Waals surface area contributed by atoms with Crippen molar-refractivity contribution in [3.05, 3.63) is 35.8 Å². The number of ether oxygens (including phenoxy) is 2. The van der Waals surface area contributed by atoms with Gasteiger partial charge in [0, 0.05) is 31.4 Å². The van der Waals surface area contributed by atoms with Crippen LogP contribution in [-0.2, 0) is 14.3 Å². The Labute approximate surface area is 205 Å². The Balaban J connectivity index is 1.36. The molecule has 2 N–H and O–H groups in total. The summed E-state index contributed by atoms with van der Waals surface area (Å²) in [6.07, 6.45) is 3.45. The molecule has 6 atom stereocenters. The fourth-order valence-electron chi connectivity index (χ4n) is 5.55. The van der Waals surface area contributed by atoms with Crippen LogP contribution in [0.15, 0.2) is 23.5 Å². The molecule has 0 bridgehead atoms. The molecule has 0 spiro atoms. The number of hydrogen-bond donors (Lipinski definition) is 2. The lowest BCUT2D eigenvalue weighted by Crippen LogP contribution is -2.57. The number of benzene rings is 1. The molecule has 3 heterocycles. The third-order valence-corrected chi connectivity index (χ3v) is 7.41. The predicted octanol–water partition coefficient (Wildman–Crippen LogP) is 2.76. The van der Waals surface area contributed by atoms with Crippen LogP contribution in [0.2, 0.25) is 0 Å². The Kier molecular flexibility index (Phi) is 7.29. The minimum absolute atomic E-state index is 0.0145. The quantitative estimate of drug-likeness (QED) is 0.551. The molecule has 1 unspecified atom stereocenters. The van der Waals surface area contributed by atoms with E-state index in [1.807, 2.05) is 0 Å². The van der Waals surface area contributed by atoms with Gasteiger partial charge < -0.3 is 24.5 Å². The monoisotopic (exact) mass is 510 g/mol. The average Bonchev–Trinajstić information content (AvgIpc) is 3.64. The fraction of sp³-hybridized carbons (Fsp3) is 0.625. The van der Waals surface area contributed by atoms with E-state index in [9.17, 15) is 23.4 Å². The summed E-state index contributed by atoms with van der Waals surface area (Å²) in [4.78, 5) is 5.70. The van der Waals surface area contributed by atoms with Crippen molar-refractivity contribution < 1.29 is 37.7 Å². The van der Waals surface area contributed by atoms with E-state index in [1.165, 1.54) is 30.8 Å². The normalized spacial score (nSPS) is 31.0. The lowest BCUT2D eigenvalue weighted by molar-refractivity contribution is -0.219. The molecule has 1 saturated carbocycles. The second-order valence-electron chi connectivity index (χ2n) is 9.65. The molecule has 2 aromatic rings. The Bertz CT molecular complexity index is 1090. The SMILES string of the molecule is CO[C@@H]1[C@@H](n2cc(-c3cc(F)c(F)c(F)c3)nn2)[C@@H](O)[C@@H](CO)O[C@@H]1CC1CC(C2CCCC2)=NO1. The van der Waals surface area contributed by atoms with Gasteiger partial charge >= 0.3 is 0 Å². The third kappa shape index (κ3) is 4.74. The summed E-state index contributed by atoms with van der Waals surface area (Å²) in [6.45, 7) is -0.449. The van der Waals surface area contributed by atoms with E-state index in [0.717, 1.165) is 30.7 Å². The topological polar surface area (TPSA) is 111 Å². The Morgan fingerprint density at radius 3 is 2.53 bits per heavy atom. The number of halogens is 3. The molecule has 1 aromatic heterocycles. The first-order valence-electron chi connectivity index (χ1n) is 12.2. The van der Waals surface area contributed by atoms with Gasteiger partial charge in [0.05, 0.1) is 24.6 Å². The van der Waals surface area contributed by atoms with Crippen LogP contribution in [0, 0.1) is 23.4 Å². The molecule has 5 rings (SSSR count). The molecule has 9 nitrogen and oxygen atoms in total. The summed E-state index contributed by atoms with van der Waals surface area (Å²) >= 11 is 0. The molecule has 2 fully saturated rings. The van der Waals surface area contributed by atoms with Crippen molar-refractivity contribution in [2.75, 3.05) is 13.7 Å². The van der Waals surface area contributed by atoms with Crippen LogP contribution in [-0.4, -0.2) is 75.2 Å². The van der Waals surface area contributed by atoms with Gasteiger partial charge in [-0.2, -0.15) is 0 Å². The number of hydrogen-bond acceptors (Lipinski definition) is 8. The van der Waals surface area contributed by atoms with Crippen molar-refractivity contribution >= 4 is 5.71 Å². The number of methoxy groups -OCH3 is 1. The standard InChI is InChI=1S/C24H29F3N4O5/c1-34-24-19(9-14-8-17(29-36-14)12-4-2-3-5-12)35-20(11-32)23(33)22(24)31-10-18(28-30-31)13-6-15(25)21(27)16(26)7-13/h6-7,10,12,14,19-20,22-24,32-33H,2-5,8-9,11H2,1H3/t14?,19-,20-,22+,23+,24+/m1/s1. The van der Waals surface area contributed by atoms with Crippen LogP contribution in [0.5, 0.6) is 0 Å². The fourth-order valence-corrected chi connectivity index (χ4v) is 5.55. The van der Waals surface area contributed by atoms with Gasteiger partial charge in [-0.15, -0.1) is 5.10 Å². The van der Waals surface area contributed by atoms with Crippen molar-refractivity contribution in [2.45, 2.75) is 75.1 Å². The van der Waals surface area contributed by atoms with Crippen molar-refractivity contribution in [1.82, 2.24) is 15.0 Å². The smallest absolute Gasteiger partial charge is 0.194 e. The maximum atomic E-state index is 13.7. The van der Waals surface area contributed by atoms with Gasteiger partial charge in [-0.05, 0) is 25.0 Å². The van der Waals surface area contributed by atoms with E-state index >= 15 is 0 Å². The summed E-state index contributed by atoms with van der Waals surface area (Å²) in [7, 11) is 1.47. The maximum Gasteiger partial charge on any atom is 0.194 e. The summed E-state index contributed by atoms with van der Waals surface area (Å²) in [5, 5.41) is 33.2. The third-order valence-electron chi connectivity index (χ3n) is 7.41. The van der Waals surface area contributed by atoms with E-state index in [0.29, 0.717) is 18.8 Å². The Morgan fingerprint density at radius 2 is 1.86 bits per heavy atom. The summed E-state index contributed by atoms with van der Waals surface area (Å²) in [5.41, 5.74) is 1.13. The van der Waals surface area contributed by atoms with Crippen molar-refractivity contribution in [3.8, 4) is 11.3 Å². The lowest BCUT2D eigenvalue weighted by Gasteiger charge is -2.44. The average molecular weight is 511 g/mol. The van der Waals surface area contributed by atoms with Gasteiger partial charge in [-0.25, -0.2) is 17.9 Å². The molecule has 0 amide bonds. The first-order valence-corrected chi connectivity index (χ1v) is 12.2. The van der Waals surface area contributed by atoms with Crippen molar-refractivity contribution in [3.63, 3.8) is 0 Å². The minimum atomic E-state index is -1.58. The second-order valence-corrected chi connectivity index (χ2v) is 9.65. The highest BCUT2D eigenvalue weighted by Gasteiger charge is 2.48. The number of nitrogens with zero attached hydrogens (tertiary/aromatic N) is 4.